The molecular weight excluding hydrogens is 346 g/mol. The number of hydrogen-bond donors (Lipinski definition) is 1. The molecule has 0 bridgehead atoms. The summed E-state index contributed by atoms with van der Waals surface area (Å²) in [4.78, 5) is 16.0. The maximum atomic E-state index is 11.9. The van der Waals surface area contributed by atoms with Crippen molar-refractivity contribution in [3.05, 3.63) is 67.0 Å². The molecule has 26 heavy (non-hydrogen) atoms. The SMILES string of the molecule is C=CCNC(=O)CSc1nnc(-c2ccncc2)n1-c1ccc(C)cc1. The van der Waals surface area contributed by atoms with E-state index in [1.165, 1.54) is 17.3 Å². The Morgan fingerprint density at radius 1 is 1.19 bits per heavy atom. The molecule has 3 aromatic rings. The first-order valence-electron chi connectivity index (χ1n) is 8.12. The summed E-state index contributed by atoms with van der Waals surface area (Å²) >= 11 is 1.35. The summed E-state index contributed by atoms with van der Waals surface area (Å²) in [7, 11) is 0. The average molecular weight is 365 g/mol. The molecular formula is C19H19N5OS. The van der Waals surface area contributed by atoms with Gasteiger partial charge in [0, 0.05) is 30.2 Å². The number of aryl methyl sites for hydroxylation is 1. The van der Waals surface area contributed by atoms with E-state index in [0.29, 0.717) is 17.5 Å². The lowest BCUT2D eigenvalue weighted by atomic mass is 10.2. The van der Waals surface area contributed by atoms with E-state index in [4.69, 9.17) is 0 Å². The predicted molar refractivity (Wildman–Crippen MR) is 103 cm³/mol. The number of thioether (sulfide) groups is 1. The number of aromatic nitrogens is 4. The second-order valence-corrected chi connectivity index (χ2v) is 6.54. The molecule has 0 saturated carbocycles. The first kappa shape index (κ1) is 17.9. The lowest BCUT2D eigenvalue weighted by Crippen LogP contribution is -2.25. The highest BCUT2D eigenvalue weighted by atomic mass is 32.2. The Hall–Kier alpha value is -2.93. The number of benzene rings is 1. The van der Waals surface area contributed by atoms with Crippen LogP contribution in [0.2, 0.25) is 0 Å². The Balaban J connectivity index is 1.94. The van der Waals surface area contributed by atoms with Crippen LogP contribution in [0.4, 0.5) is 0 Å². The van der Waals surface area contributed by atoms with Crippen LogP contribution in [0.5, 0.6) is 0 Å². The maximum Gasteiger partial charge on any atom is 0.230 e. The second-order valence-electron chi connectivity index (χ2n) is 5.59. The smallest absolute Gasteiger partial charge is 0.230 e. The Kier molecular flexibility index (Phi) is 5.80. The third kappa shape index (κ3) is 4.18. The quantitative estimate of drug-likeness (QED) is 0.515. The van der Waals surface area contributed by atoms with Gasteiger partial charge in [-0.1, -0.05) is 35.5 Å². The summed E-state index contributed by atoms with van der Waals surface area (Å²) in [6.45, 7) is 6.09. The highest BCUT2D eigenvalue weighted by Crippen LogP contribution is 2.27. The summed E-state index contributed by atoms with van der Waals surface area (Å²) < 4.78 is 1.96. The molecule has 2 heterocycles. The fourth-order valence-corrected chi connectivity index (χ4v) is 3.13. The van der Waals surface area contributed by atoms with E-state index in [1.807, 2.05) is 47.9 Å². The van der Waals surface area contributed by atoms with Gasteiger partial charge in [-0.25, -0.2) is 0 Å². The molecule has 0 spiro atoms. The van der Waals surface area contributed by atoms with Crippen LogP contribution < -0.4 is 5.32 Å². The Bertz CT molecular complexity index is 890. The normalized spacial score (nSPS) is 10.5. The number of amides is 1. The average Bonchev–Trinajstić information content (AvgIpc) is 3.10. The minimum Gasteiger partial charge on any atom is -0.352 e. The van der Waals surface area contributed by atoms with Crippen molar-refractivity contribution in [2.75, 3.05) is 12.3 Å². The van der Waals surface area contributed by atoms with E-state index >= 15 is 0 Å². The highest BCUT2D eigenvalue weighted by molar-refractivity contribution is 7.99. The van der Waals surface area contributed by atoms with Crippen LogP contribution in [0.1, 0.15) is 5.56 Å². The molecule has 0 saturated heterocycles. The van der Waals surface area contributed by atoms with Crippen LogP contribution >= 0.6 is 11.8 Å². The monoisotopic (exact) mass is 365 g/mol. The van der Waals surface area contributed by atoms with Gasteiger partial charge in [0.05, 0.1) is 5.75 Å². The van der Waals surface area contributed by atoms with E-state index in [0.717, 1.165) is 11.3 Å². The lowest BCUT2D eigenvalue weighted by molar-refractivity contribution is -0.118. The number of rotatable bonds is 7. The molecule has 0 aliphatic heterocycles. The third-order valence-corrected chi connectivity index (χ3v) is 4.57. The first-order valence-corrected chi connectivity index (χ1v) is 9.11. The van der Waals surface area contributed by atoms with Crippen LogP contribution in [0.15, 0.2) is 66.6 Å². The van der Waals surface area contributed by atoms with Crippen LogP contribution in [0.25, 0.3) is 17.1 Å². The summed E-state index contributed by atoms with van der Waals surface area (Å²) in [6, 6.07) is 11.9. The molecule has 1 aromatic carbocycles. The second kappa shape index (κ2) is 8.44. The predicted octanol–water partition coefficient (Wildman–Crippen LogP) is 3.03. The van der Waals surface area contributed by atoms with E-state index < -0.39 is 0 Å². The van der Waals surface area contributed by atoms with Crippen molar-refractivity contribution in [3.63, 3.8) is 0 Å². The topological polar surface area (TPSA) is 72.7 Å². The van der Waals surface area contributed by atoms with Gasteiger partial charge in [-0.2, -0.15) is 0 Å². The van der Waals surface area contributed by atoms with Crippen molar-refractivity contribution in [1.82, 2.24) is 25.1 Å². The van der Waals surface area contributed by atoms with Gasteiger partial charge in [-0.3, -0.25) is 14.3 Å². The summed E-state index contributed by atoms with van der Waals surface area (Å²) in [5, 5.41) is 12.1. The van der Waals surface area contributed by atoms with Crippen LogP contribution in [0, 0.1) is 6.92 Å². The van der Waals surface area contributed by atoms with Crippen molar-refractivity contribution in [1.29, 1.82) is 0 Å². The van der Waals surface area contributed by atoms with Crippen LogP contribution in [-0.2, 0) is 4.79 Å². The summed E-state index contributed by atoms with van der Waals surface area (Å²) in [6.07, 6.45) is 5.09. The van der Waals surface area contributed by atoms with Gasteiger partial charge < -0.3 is 5.32 Å². The number of nitrogens with one attached hydrogen (secondary N) is 1. The number of pyridine rings is 1. The molecule has 2 aromatic heterocycles. The number of carbonyl (C=O) groups excluding carboxylic acids is 1. The minimum absolute atomic E-state index is 0.0705. The van der Waals surface area contributed by atoms with E-state index in [-0.39, 0.29) is 11.7 Å². The van der Waals surface area contributed by atoms with E-state index in [9.17, 15) is 4.79 Å². The number of hydrogen-bond acceptors (Lipinski definition) is 5. The molecule has 3 rings (SSSR count). The molecule has 1 N–H and O–H groups in total. The molecule has 6 nitrogen and oxygen atoms in total. The zero-order valence-electron chi connectivity index (χ0n) is 14.4. The van der Waals surface area contributed by atoms with Crippen molar-refractivity contribution < 1.29 is 4.79 Å². The summed E-state index contributed by atoms with van der Waals surface area (Å²) in [5.74, 6) is 0.901. The van der Waals surface area contributed by atoms with Gasteiger partial charge in [0.2, 0.25) is 5.91 Å². The van der Waals surface area contributed by atoms with Crippen molar-refractivity contribution in [3.8, 4) is 17.1 Å². The standard InChI is InChI=1S/C19H19N5OS/c1-3-10-21-17(25)13-26-19-23-22-18(15-8-11-20-12-9-15)24(19)16-6-4-14(2)5-7-16/h3-9,11-12H,1,10,13H2,2H3,(H,21,25). The van der Waals surface area contributed by atoms with Crippen molar-refractivity contribution >= 4 is 17.7 Å². The Morgan fingerprint density at radius 3 is 2.62 bits per heavy atom. The zero-order valence-corrected chi connectivity index (χ0v) is 15.2. The zero-order chi connectivity index (χ0) is 18.4. The maximum absolute atomic E-state index is 11.9. The van der Waals surface area contributed by atoms with Gasteiger partial charge >= 0.3 is 0 Å². The molecule has 0 aliphatic rings. The van der Waals surface area contributed by atoms with Gasteiger partial charge in [0.25, 0.3) is 0 Å². The van der Waals surface area contributed by atoms with E-state index in [1.54, 1.807) is 18.5 Å². The molecule has 1 amide bonds. The third-order valence-electron chi connectivity index (χ3n) is 3.64. The minimum atomic E-state index is -0.0705. The largest absolute Gasteiger partial charge is 0.352 e. The molecule has 0 fully saturated rings. The van der Waals surface area contributed by atoms with Gasteiger partial charge in [0.1, 0.15) is 0 Å². The van der Waals surface area contributed by atoms with Gasteiger partial charge in [-0.15, -0.1) is 16.8 Å². The highest BCUT2D eigenvalue weighted by Gasteiger charge is 2.17. The molecule has 132 valence electrons. The Labute approximate surface area is 156 Å². The summed E-state index contributed by atoms with van der Waals surface area (Å²) in [5.41, 5.74) is 3.03. The molecule has 0 aliphatic carbocycles. The number of carbonyl (C=O) groups is 1. The molecule has 0 unspecified atom stereocenters. The molecule has 7 heteroatoms. The fraction of sp³-hybridized carbons (Fsp3) is 0.158. The van der Waals surface area contributed by atoms with E-state index in [2.05, 4.69) is 27.1 Å². The van der Waals surface area contributed by atoms with Crippen LogP contribution in [0.3, 0.4) is 0 Å². The molecule has 0 atom stereocenters. The van der Waals surface area contributed by atoms with Crippen LogP contribution in [-0.4, -0.2) is 38.0 Å². The van der Waals surface area contributed by atoms with Gasteiger partial charge in [-0.05, 0) is 31.2 Å². The Morgan fingerprint density at radius 2 is 1.92 bits per heavy atom. The van der Waals surface area contributed by atoms with Crippen molar-refractivity contribution in [2.24, 2.45) is 0 Å². The first-order chi connectivity index (χ1) is 12.7. The van der Waals surface area contributed by atoms with Gasteiger partial charge in [0.15, 0.2) is 11.0 Å². The fourth-order valence-electron chi connectivity index (χ4n) is 2.35. The lowest BCUT2D eigenvalue weighted by Gasteiger charge is -2.10. The number of nitrogens with zero attached hydrogens (tertiary/aromatic N) is 4. The molecule has 0 radical (unpaired) electrons. The van der Waals surface area contributed by atoms with Crippen molar-refractivity contribution in [2.45, 2.75) is 12.1 Å².